The molecule has 1 N–H and O–H groups in total. The monoisotopic (exact) mass is 325 g/mol. The Balaban J connectivity index is 2.48. The van der Waals surface area contributed by atoms with E-state index in [1.54, 1.807) is 43.3 Å². The summed E-state index contributed by atoms with van der Waals surface area (Å²) in [7, 11) is -2.31. The summed E-state index contributed by atoms with van der Waals surface area (Å²) in [4.78, 5) is 0.101. The van der Waals surface area contributed by atoms with Crippen molar-refractivity contribution in [2.24, 2.45) is 0 Å². The van der Waals surface area contributed by atoms with E-state index in [0.717, 1.165) is 5.56 Å². The van der Waals surface area contributed by atoms with E-state index in [0.29, 0.717) is 22.0 Å². The summed E-state index contributed by atoms with van der Waals surface area (Å²) in [6, 6.07) is 10.1. The first-order valence-corrected chi connectivity index (χ1v) is 8.14. The van der Waals surface area contributed by atoms with Crippen molar-refractivity contribution in [3.8, 4) is 5.75 Å². The molecule has 2 aromatic rings. The molecule has 0 bridgehead atoms. The largest absolute Gasteiger partial charge is 0.495 e. The first kappa shape index (κ1) is 15.7. The van der Waals surface area contributed by atoms with Gasteiger partial charge in [0, 0.05) is 5.02 Å². The normalized spacial score (nSPS) is 11.2. The van der Waals surface area contributed by atoms with Crippen molar-refractivity contribution < 1.29 is 13.2 Å². The molecule has 0 saturated carbocycles. The van der Waals surface area contributed by atoms with Gasteiger partial charge in [-0.2, -0.15) is 0 Å². The third kappa shape index (κ3) is 3.31. The molecule has 2 rings (SSSR count). The molecule has 0 aromatic heterocycles. The molecule has 0 atom stereocenters. The number of ether oxygens (including phenoxy) is 1. The number of aryl methyl sites for hydroxylation is 1. The minimum Gasteiger partial charge on any atom is -0.495 e. The summed E-state index contributed by atoms with van der Waals surface area (Å²) in [5, 5.41) is 0.506. The van der Waals surface area contributed by atoms with E-state index >= 15 is 0 Å². The Labute approximate surface area is 129 Å². The third-order valence-electron chi connectivity index (χ3n) is 3.12. The fourth-order valence-corrected chi connectivity index (χ4v) is 3.46. The van der Waals surface area contributed by atoms with Gasteiger partial charge in [-0.3, -0.25) is 4.72 Å². The van der Waals surface area contributed by atoms with Gasteiger partial charge in [0.2, 0.25) is 0 Å². The fourth-order valence-electron chi connectivity index (χ4n) is 1.91. The predicted molar refractivity (Wildman–Crippen MR) is 84.7 cm³/mol. The highest BCUT2D eigenvalue weighted by Gasteiger charge is 2.20. The van der Waals surface area contributed by atoms with Crippen LogP contribution in [0.15, 0.2) is 41.3 Å². The topological polar surface area (TPSA) is 55.4 Å². The lowest BCUT2D eigenvalue weighted by Gasteiger charge is -2.14. The molecule has 6 heteroatoms. The molecule has 0 aliphatic carbocycles. The lowest BCUT2D eigenvalue weighted by molar-refractivity contribution is 0.402. The Bertz CT molecular complexity index is 772. The maximum absolute atomic E-state index is 12.6. The van der Waals surface area contributed by atoms with Gasteiger partial charge in [-0.1, -0.05) is 23.7 Å². The van der Waals surface area contributed by atoms with Crippen LogP contribution in [0.2, 0.25) is 5.02 Å². The molecule has 0 heterocycles. The van der Waals surface area contributed by atoms with Crippen molar-refractivity contribution in [3.63, 3.8) is 0 Å². The lowest BCUT2D eigenvalue weighted by atomic mass is 10.2. The quantitative estimate of drug-likeness (QED) is 0.931. The molecule has 2 aromatic carbocycles. The van der Waals surface area contributed by atoms with Gasteiger partial charge in [-0.25, -0.2) is 8.42 Å². The third-order valence-corrected chi connectivity index (χ3v) is 4.92. The van der Waals surface area contributed by atoms with E-state index in [1.807, 2.05) is 6.92 Å². The Morgan fingerprint density at radius 1 is 1.14 bits per heavy atom. The minimum absolute atomic E-state index is 0.101. The zero-order chi connectivity index (χ0) is 15.6. The second-order valence-corrected chi connectivity index (χ2v) is 6.73. The number of halogens is 1. The zero-order valence-electron chi connectivity index (χ0n) is 12.0. The smallest absolute Gasteiger partial charge is 0.265 e. The Hall–Kier alpha value is -1.72. The molecule has 0 unspecified atom stereocenters. The second kappa shape index (κ2) is 5.95. The van der Waals surface area contributed by atoms with Crippen LogP contribution in [0, 0.1) is 13.8 Å². The average Bonchev–Trinajstić information content (AvgIpc) is 2.44. The van der Waals surface area contributed by atoms with Gasteiger partial charge in [0.05, 0.1) is 12.8 Å². The SMILES string of the molecule is COc1ccc(C)cc1S(=O)(=O)Nc1cccc(Cl)c1C. The number of benzene rings is 2. The maximum Gasteiger partial charge on any atom is 0.265 e. The summed E-state index contributed by atoms with van der Waals surface area (Å²) in [6.45, 7) is 3.58. The van der Waals surface area contributed by atoms with E-state index in [-0.39, 0.29) is 4.90 Å². The fraction of sp³-hybridized carbons (Fsp3) is 0.200. The number of anilines is 1. The molecular formula is C15H16ClNO3S. The van der Waals surface area contributed by atoms with Crippen LogP contribution in [0.3, 0.4) is 0 Å². The zero-order valence-corrected chi connectivity index (χ0v) is 13.5. The maximum atomic E-state index is 12.6. The molecule has 0 radical (unpaired) electrons. The van der Waals surface area contributed by atoms with E-state index in [1.165, 1.54) is 7.11 Å². The molecule has 0 saturated heterocycles. The number of hydrogen-bond acceptors (Lipinski definition) is 3. The van der Waals surface area contributed by atoms with Crippen molar-refractivity contribution in [1.82, 2.24) is 0 Å². The van der Waals surface area contributed by atoms with Crippen LogP contribution in [-0.4, -0.2) is 15.5 Å². The van der Waals surface area contributed by atoms with Crippen LogP contribution in [0.5, 0.6) is 5.75 Å². The van der Waals surface area contributed by atoms with Gasteiger partial charge in [0.1, 0.15) is 10.6 Å². The minimum atomic E-state index is -3.75. The van der Waals surface area contributed by atoms with Crippen molar-refractivity contribution >= 4 is 27.3 Å². The van der Waals surface area contributed by atoms with Crippen LogP contribution in [0.4, 0.5) is 5.69 Å². The number of nitrogens with one attached hydrogen (secondary N) is 1. The van der Waals surface area contributed by atoms with Crippen molar-refractivity contribution in [2.75, 3.05) is 11.8 Å². The number of hydrogen-bond donors (Lipinski definition) is 1. The summed E-state index contributed by atoms with van der Waals surface area (Å²) in [5.74, 6) is 0.299. The standard InChI is InChI=1S/C15H16ClNO3S/c1-10-7-8-14(20-3)15(9-10)21(18,19)17-13-6-4-5-12(16)11(13)2/h4-9,17H,1-3H3. The molecule has 4 nitrogen and oxygen atoms in total. The molecule has 0 fully saturated rings. The number of rotatable bonds is 4. The van der Waals surface area contributed by atoms with Gasteiger partial charge in [0.15, 0.2) is 0 Å². The van der Waals surface area contributed by atoms with E-state index in [9.17, 15) is 8.42 Å². The van der Waals surface area contributed by atoms with Gasteiger partial charge in [-0.15, -0.1) is 0 Å². The van der Waals surface area contributed by atoms with Gasteiger partial charge < -0.3 is 4.74 Å². The highest BCUT2D eigenvalue weighted by Crippen LogP contribution is 2.29. The van der Waals surface area contributed by atoms with Crippen LogP contribution >= 0.6 is 11.6 Å². The Kier molecular flexibility index (Phi) is 4.44. The van der Waals surface area contributed by atoms with E-state index in [2.05, 4.69) is 4.72 Å². The van der Waals surface area contributed by atoms with Gasteiger partial charge >= 0.3 is 0 Å². The highest BCUT2D eigenvalue weighted by molar-refractivity contribution is 7.92. The molecular weight excluding hydrogens is 310 g/mol. The molecule has 112 valence electrons. The first-order valence-electron chi connectivity index (χ1n) is 6.27. The van der Waals surface area contributed by atoms with Crippen LogP contribution < -0.4 is 9.46 Å². The van der Waals surface area contributed by atoms with Gasteiger partial charge in [-0.05, 0) is 49.2 Å². The van der Waals surface area contributed by atoms with Crippen molar-refractivity contribution in [3.05, 3.63) is 52.5 Å². The molecule has 0 amide bonds. The van der Waals surface area contributed by atoms with Crippen LogP contribution in [0.25, 0.3) is 0 Å². The molecule has 0 aliphatic heterocycles. The van der Waals surface area contributed by atoms with Gasteiger partial charge in [0.25, 0.3) is 10.0 Å². The Morgan fingerprint density at radius 2 is 1.86 bits per heavy atom. The van der Waals surface area contributed by atoms with Crippen molar-refractivity contribution in [2.45, 2.75) is 18.7 Å². The summed E-state index contributed by atoms with van der Waals surface area (Å²) < 4.78 is 32.8. The van der Waals surface area contributed by atoms with Crippen LogP contribution in [0.1, 0.15) is 11.1 Å². The number of methoxy groups -OCH3 is 1. The van der Waals surface area contributed by atoms with Crippen LogP contribution in [-0.2, 0) is 10.0 Å². The number of sulfonamides is 1. The summed E-state index contributed by atoms with van der Waals surface area (Å²) in [5.41, 5.74) is 1.96. The summed E-state index contributed by atoms with van der Waals surface area (Å²) in [6.07, 6.45) is 0. The van der Waals surface area contributed by atoms with Crippen molar-refractivity contribution in [1.29, 1.82) is 0 Å². The predicted octanol–water partition coefficient (Wildman–Crippen LogP) is 3.77. The average molecular weight is 326 g/mol. The van der Waals surface area contributed by atoms with E-state index < -0.39 is 10.0 Å². The molecule has 0 aliphatic rings. The highest BCUT2D eigenvalue weighted by atomic mass is 35.5. The Morgan fingerprint density at radius 3 is 2.52 bits per heavy atom. The lowest BCUT2D eigenvalue weighted by Crippen LogP contribution is -2.15. The van der Waals surface area contributed by atoms with E-state index in [4.69, 9.17) is 16.3 Å². The molecule has 0 spiro atoms. The molecule has 21 heavy (non-hydrogen) atoms. The summed E-state index contributed by atoms with van der Waals surface area (Å²) >= 11 is 6.01. The second-order valence-electron chi connectivity index (χ2n) is 4.67. The first-order chi connectivity index (χ1) is 9.85.